The van der Waals surface area contributed by atoms with Crippen molar-refractivity contribution in [1.82, 2.24) is 15.4 Å². The van der Waals surface area contributed by atoms with Gasteiger partial charge >= 0.3 is 0 Å². The number of aliphatic hydroxyl groups is 1. The lowest BCUT2D eigenvalue weighted by atomic mass is 9.82. The zero-order valence-electron chi connectivity index (χ0n) is 15.9. The Balaban J connectivity index is 1.40. The van der Waals surface area contributed by atoms with Crippen molar-refractivity contribution in [3.63, 3.8) is 0 Å². The van der Waals surface area contributed by atoms with E-state index in [2.05, 4.69) is 22.6 Å². The molecule has 1 aliphatic carbocycles. The molecule has 0 saturated heterocycles. The number of aliphatic hydroxyl groups excluding tert-OH is 1. The van der Waals surface area contributed by atoms with Crippen LogP contribution in [0.2, 0.25) is 0 Å². The van der Waals surface area contributed by atoms with E-state index in [0.29, 0.717) is 38.1 Å². The van der Waals surface area contributed by atoms with E-state index in [-0.39, 0.29) is 23.4 Å². The van der Waals surface area contributed by atoms with E-state index in [9.17, 15) is 14.7 Å². The molecule has 2 N–H and O–H groups in total. The molecule has 0 bridgehead atoms. The maximum Gasteiger partial charge on any atom is 0.273 e. The molecule has 2 aromatic rings. The summed E-state index contributed by atoms with van der Waals surface area (Å²) in [5.41, 5.74) is 2.69. The molecule has 2 aliphatic rings. The predicted octanol–water partition coefficient (Wildman–Crippen LogP) is 1.83. The van der Waals surface area contributed by atoms with E-state index in [0.717, 1.165) is 6.42 Å². The number of carbonyl (C=O) groups is 2. The van der Waals surface area contributed by atoms with Crippen molar-refractivity contribution in [2.45, 2.75) is 51.3 Å². The number of amides is 2. The number of nitrogens with one attached hydrogen (secondary N) is 1. The van der Waals surface area contributed by atoms with Crippen LogP contribution < -0.4 is 5.32 Å². The minimum atomic E-state index is -0.664. The highest BCUT2D eigenvalue weighted by atomic mass is 16.5. The molecular formula is C21H25N3O4. The summed E-state index contributed by atoms with van der Waals surface area (Å²) in [4.78, 5) is 27.3. The minimum absolute atomic E-state index is 0.109. The third-order valence-electron chi connectivity index (χ3n) is 5.78. The standard InChI is InChI=1S/C21H25N3O4/c1-13-10-18(23-28-13)20(26)22-17-11-15(6-7-19(17)25)21(27)24-9-8-14-4-2-3-5-16(14)12-24/h2-5,10,15,17,19,25H,6-9,11-12H2,1H3,(H,22,26)/t15-,17+,19+/m0/s1. The number of aryl methyl sites for hydroxylation is 1. The molecule has 7 nitrogen and oxygen atoms in total. The predicted molar refractivity (Wildman–Crippen MR) is 101 cm³/mol. The number of fused-ring (bicyclic) bond motifs is 1. The number of carbonyl (C=O) groups excluding carboxylic acids is 2. The molecule has 3 atom stereocenters. The normalized spacial score (nSPS) is 24.5. The molecule has 28 heavy (non-hydrogen) atoms. The molecule has 1 aromatic carbocycles. The molecule has 0 unspecified atom stereocenters. The second kappa shape index (κ2) is 7.75. The Kier molecular flexibility index (Phi) is 5.17. The van der Waals surface area contributed by atoms with E-state index >= 15 is 0 Å². The van der Waals surface area contributed by atoms with Crippen LogP contribution in [0.5, 0.6) is 0 Å². The van der Waals surface area contributed by atoms with E-state index in [1.54, 1.807) is 13.0 Å². The van der Waals surface area contributed by atoms with Crippen molar-refractivity contribution in [3.8, 4) is 0 Å². The van der Waals surface area contributed by atoms with Crippen LogP contribution >= 0.6 is 0 Å². The second-order valence-corrected chi connectivity index (χ2v) is 7.76. The second-order valence-electron chi connectivity index (χ2n) is 7.76. The van der Waals surface area contributed by atoms with E-state index in [1.807, 2.05) is 17.0 Å². The number of benzene rings is 1. The maximum absolute atomic E-state index is 13.1. The van der Waals surface area contributed by atoms with Gasteiger partial charge in [0.25, 0.3) is 5.91 Å². The van der Waals surface area contributed by atoms with Gasteiger partial charge in [0, 0.05) is 25.1 Å². The van der Waals surface area contributed by atoms with Crippen molar-refractivity contribution in [2.24, 2.45) is 5.92 Å². The number of hydrogen-bond acceptors (Lipinski definition) is 5. The Labute approximate surface area is 163 Å². The highest BCUT2D eigenvalue weighted by Gasteiger charge is 2.36. The van der Waals surface area contributed by atoms with Crippen LogP contribution in [0.1, 0.15) is 46.6 Å². The number of hydrogen-bond donors (Lipinski definition) is 2. The van der Waals surface area contributed by atoms with Gasteiger partial charge in [-0.15, -0.1) is 0 Å². The monoisotopic (exact) mass is 383 g/mol. The number of nitrogens with zero attached hydrogens (tertiary/aromatic N) is 2. The third-order valence-corrected chi connectivity index (χ3v) is 5.78. The van der Waals surface area contributed by atoms with Crippen molar-refractivity contribution >= 4 is 11.8 Å². The molecule has 0 spiro atoms. The summed E-state index contributed by atoms with van der Waals surface area (Å²) in [6.45, 7) is 3.05. The Morgan fingerprint density at radius 3 is 2.79 bits per heavy atom. The Bertz CT molecular complexity index is 878. The summed E-state index contributed by atoms with van der Waals surface area (Å²) in [5.74, 6) is 0.0737. The summed E-state index contributed by atoms with van der Waals surface area (Å²) in [7, 11) is 0. The molecule has 2 amide bonds. The quantitative estimate of drug-likeness (QED) is 0.843. The Morgan fingerprint density at radius 1 is 1.25 bits per heavy atom. The third kappa shape index (κ3) is 3.80. The van der Waals surface area contributed by atoms with Crippen LogP contribution in [-0.4, -0.2) is 45.7 Å². The summed E-state index contributed by atoms with van der Waals surface area (Å²) >= 11 is 0. The fraction of sp³-hybridized carbons (Fsp3) is 0.476. The first-order valence-electron chi connectivity index (χ1n) is 9.79. The van der Waals surface area contributed by atoms with Crippen LogP contribution in [-0.2, 0) is 17.8 Å². The average Bonchev–Trinajstić information content (AvgIpc) is 3.15. The van der Waals surface area contributed by atoms with Gasteiger partial charge in [0.2, 0.25) is 5.91 Å². The first-order chi connectivity index (χ1) is 13.5. The highest BCUT2D eigenvalue weighted by molar-refractivity contribution is 5.92. The van der Waals surface area contributed by atoms with Gasteiger partial charge in [-0.2, -0.15) is 0 Å². The van der Waals surface area contributed by atoms with Crippen molar-refractivity contribution < 1.29 is 19.2 Å². The summed E-state index contributed by atoms with van der Waals surface area (Å²) < 4.78 is 4.93. The number of aromatic nitrogens is 1. The molecule has 7 heteroatoms. The van der Waals surface area contributed by atoms with Gasteiger partial charge < -0.3 is 19.8 Å². The van der Waals surface area contributed by atoms with Crippen LogP contribution in [0.25, 0.3) is 0 Å². The largest absolute Gasteiger partial charge is 0.391 e. The molecule has 2 heterocycles. The summed E-state index contributed by atoms with van der Waals surface area (Å²) in [6, 6.07) is 9.30. The minimum Gasteiger partial charge on any atom is -0.391 e. The molecule has 1 fully saturated rings. The molecule has 1 saturated carbocycles. The van der Waals surface area contributed by atoms with Gasteiger partial charge in [-0.1, -0.05) is 29.4 Å². The van der Waals surface area contributed by atoms with E-state index in [4.69, 9.17) is 4.52 Å². The van der Waals surface area contributed by atoms with E-state index in [1.165, 1.54) is 11.1 Å². The SMILES string of the molecule is Cc1cc(C(=O)N[C@@H]2C[C@@H](C(=O)N3CCc4ccccc4C3)CC[C@H]2O)no1. The van der Waals surface area contributed by atoms with Crippen LogP contribution in [0, 0.1) is 12.8 Å². The van der Waals surface area contributed by atoms with Gasteiger partial charge in [-0.3, -0.25) is 9.59 Å². The zero-order valence-corrected chi connectivity index (χ0v) is 15.9. The van der Waals surface area contributed by atoms with Crippen molar-refractivity contribution in [1.29, 1.82) is 0 Å². The molecule has 148 valence electrons. The first-order valence-corrected chi connectivity index (χ1v) is 9.79. The van der Waals surface area contributed by atoms with Crippen LogP contribution in [0.4, 0.5) is 0 Å². The van der Waals surface area contributed by atoms with Crippen LogP contribution in [0.3, 0.4) is 0 Å². The Hall–Kier alpha value is -2.67. The van der Waals surface area contributed by atoms with Gasteiger partial charge in [-0.05, 0) is 43.7 Å². The van der Waals surface area contributed by atoms with Gasteiger partial charge in [0.1, 0.15) is 5.76 Å². The van der Waals surface area contributed by atoms with Gasteiger partial charge in [0.15, 0.2) is 5.69 Å². The fourth-order valence-electron chi connectivity index (χ4n) is 4.19. The molecule has 0 radical (unpaired) electrons. The van der Waals surface area contributed by atoms with Gasteiger partial charge in [0.05, 0.1) is 12.1 Å². The topological polar surface area (TPSA) is 95.7 Å². The highest BCUT2D eigenvalue weighted by Crippen LogP contribution is 2.29. The number of rotatable bonds is 3. The smallest absolute Gasteiger partial charge is 0.273 e. The van der Waals surface area contributed by atoms with Crippen molar-refractivity contribution in [3.05, 3.63) is 52.9 Å². The molecule has 4 rings (SSSR count). The lowest BCUT2D eigenvalue weighted by molar-refractivity contribution is -0.138. The average molecular weight is 383 g/mol. The molecule has 1 aliphatic heterocycles. The zero-order chi connectivity index (χ0) is 19.7. The molecule has 1 aromatic heterocycles. The van der Waals surface area contributed by atoms with E-state index < -0.39 is 12.1 Å². The van der Waals surface area contributed by atoms with Crippen molar-refractivity contribution in [2.75, 3.05) is 6.54 Å². The molecular weight excluding hydrogens is 358 g/mol. The lowest BCUT2D eigenvalue weighted by Crippen LogP contribution is -2.50. The Morgan fingerprint density at radius 2 is 2.04 bits per heavy atom. The summed E-state index contributed by atoms with van der Waals surface area (Å²) in [6.07, 6.45) is 1.75. The fourth-order valence-corrected chi connectivity index (χ4v) is 4.19. The summed E-state index contributed by atoms with van der Waals surface area (Å²) in [5, 5.41) is 16.9. The maximum atomic E-state index is 13.1. The van der Waals surface area contributed by atoms with Crippen LogP contribution in [0.15, 0.2) is 34.9 Å². The lowest BCUT2D eigenvalue weighted by Gasteiger charge is -2.37. The van der Waals surface area contributed by atoms with Gasteiger partial charge in [-0.25, -0.2) is 0 Å². The first kappa shape index (κ1) is 18.7.